The van der Waals surface area contributed by atoms with Crippen LogP contribution in [0.4, 0.5) is 0 Å². The van der Waals surface area contributed by atoms with Gasteiger partial charge in [0.2, 0.25) is 0 Å². The van der Waals surface area contributed by atoms with E-state index in [2.05, 4.69) is 43.5 Å². The molecule has 6 heteroatoms. The second-order valence-electron chi connectivity index (χ2n) is 9.45. The smallest absolute Gasteiger partial charge is 0.282 e. The minimum atomic E-state index is -0.203. The zero-order chi connectivity index (χ0) is 25.6. The van der Waals surface area contributed by atoms with Crippen molar-refractivity contribution in [2.24, 2.45) is 12.1 Å². The van der Waals surface area contributed by atoms with Crippen LogP contribution in [0, 0.1) is 13.8 Å². The summed E-state index contributed by atoms with van der Waals surface area (Å²) in [4.78, 5) is 18.7. The molecule has 3 aromatic carbocycles. The van der Waals surface area contributed by atoms with E-state index in [0.29, 0.717) is 16.7 Å². The summed E-state index contributed by atoms with van der Waals surface area (Å²) in [5.41, 5.74) is 6.49. The van der Waals surface area contributed by atoms with Gasteiger partial charge in [-0.15, -0.1) is 0 Å². The van der Waals surface area contributed by atoms with Crippen molar-refractivity contribution in [3.8, 4) is 17.1 Å². The molecule has 182 valence electrons. The number of hydrogen-bond acceptors (Lipinski definition) is 4. The lowest BCUT2D eigenvalue weighted by Gasteiger charge is -2.17. The lowest BCUT2D eigenvalue weighted by Crippen LogP contribution is -2.21. The maximum Gasteiger partial charge on any atom is 0.282 e. The first-order valence-corrected chi connectivity index (χ1v) is 12.1. The molecular weight excluding hydrogens is 448 g/mol. The van der Waals surface area contributed by atoms with E-state index >= 15 is 0 Å². The molecule has 5 aromatic rings. The minimum Gasteiger partial charge on any atom is -0.496 e. The lowest BCUT2D eigenvalue weighted by atomic mass is 9.96. The van der Waals surface area contributed by atoms with Gasteiger partial charge in [0.05, 0.1) is 24.2 Å². The van der Waals surface area contributed by atoms with Crippen LogP contribution in [0.1, 0.15) is 42.1 Å². The molecule has 0 saturated heterocycles. The topological polar surface area (TPSA) is 61.4 Å². The van der Waals surface area contributed by atoms with Crippen LogP contribution in [0.3, 0.4) is 0 Å². The first-order valence-electron chi connectivity index (χ1n) is 12.1. The zero-order valence-corrected chi connectivity index (χ0v) is 21.5. The molecule has 0 fully saturated rings. The third-order valence-corrected chi connectivity index (χ3v) is 6.94. The molecule has 0 spiro atoms. The summed E-state index contributed by atoms with van der Waals surface area (Å²) < 4.78 is 9.22. The van der Waals surface area contributed by atoms with Crippen LogP contribution in [-0.4, -0.2) is 27.6 Å². The quantitative estimate of drug-likeness (QED) is 0.283. The number of para-hydroxylation sites is 2. The van der Waals surface area contributed by atoms with Crippen LogP contribution in [0.2, 0.25) is 0 Å². The van der Waals surface area contributed by atoms with Crippen molar-refractivity contribution in [2.75, 3.05) is 7.11 Å². The third-order valence-electron chi connectivity index (χ3n) is 6.94. The normalized spacial score (nSPS) is 11.9. The molecule has 5 rings (SSSR count). The Morgan fingerprint density at radius 3 is 2.42 bits per heavy atom. The second kappa shape index (κ2) is 9.11. The fourth-order valence-electron chi connectivity index (χ4n) is 4.80. The Hall–Kier alpha value is -4.19. The summed E-state index contributed by atoms with van der Waals surface area (Å²) in [6.45, 7) is 8.32. The van der Waals surface area contributed by atoms with E-state index in [-0.39, 0.29) is 11.5 Å². The van der Waals surface area contributed by atoms with Crippen LogP contribution >= 0.6 is 0 Å². The van der Waals surface area contributed by atoms with Crippen LogP contribution in [-0.2, 0) is 7.05 Å². The molecule has 0 radical (unpaired) electrons. The van der Waals surface area contributed by atoms with Crippen LogP contribution in [0.15, 0.2) is 70.6 Å². The number of benzene rings is 3. The molecule has 0 atom stereocenters. The molecule has 0 amide bonds. The van der Waals surface area contributed by atoms with E-state index in [9.17, 15) is 4.79 Å². The van der Waals surface area contributed by atoms with Gasteiger partial charge in [-0.05, 0) is 61.2 Å². The Bertz CT molecular complexity index is 1710. The molecule has 0 bridgehead atoms. The number of aryl methyl sites for hydroxylation is 2. The molecule has 2 aromatic heterocycles. The van der Waals surface area contributed by atoms with Gasteiger partial charge in [-0.3, -0.25) is 4.79 Å². The van der Waals surface area contributed by atoms with Crippen LogP contribution in [0.25, 0.3) is 33.2 Å². The first-order chi connectivity index (χ1) is 17.3. The van der Waals surface area contributed by atoms with Crippen molar-refractivity contribution >= 4 is 28.0 Å². The Morgan fingerprint density at radius 1 is 1.00 bits per heavy atom. The Kier molecular flexibility index (Phi) is 5.96. The maximum absolute atomic E-state index is 13.7. The Balaban J connectivity index is 1.79. The summed E-state index contributed by atoms with van der Waals surface area (Å²) in [5, 5.41) is 6.38. The number of rotatable bonds is 5. The van der Waals surface area contributed by atoms with Gasteiger partial charge in [-0.2, -0.15) is 9.78 Å². The van der Waals surface area contributed by atoms with E-state index in [1.807, 2.05) is 50.4 Å². The van der Waals surface area contributed by atoms with E-state index in [1.165, 1.54) is 4.68 Å². The summed E-state index contributed by atoms with van der Waals surface area (Å²) in [5.74, 6) is 1.58. The number of ether oxygens (including phenoxy) is 1. The molecule has 36 heavy (non-hydrogen) atoms. The van der Waals surface area contributed by atoms with E-state index in [0.717, 1.165) is 44.6 Å². The van der Waals surface area contributed by atoms with Gasteiger partial charge < -0.3 is 9.30 Å². The maximum atomic E-state index is 13.7. The molecule has 0 aliphatic carbocycles. The van der Waals surface area contributed by atoms with Crippen molar-refractivity contribution < 1.29 is 4.74 Å². The SMILES string of the molecule is COc1cc(C)c(-c2nc3ccccc3c(=O)n2N=Cc2c(C)n(C)c3ccccc23)cc1C(C)C. The number of hydrogen-bond donors (Lipinski definition) is 0. The highest BCUT2D eigenvalue weighted by molar-refractivity contribution is 6.01. The third kappa shape index (κ3) is 3.79. The average Bonchev–Trinajstić information content (AvgIpc) is 3.12. The summed E-state index contributed by atoms with van der Waals surface area (Å²) in [7, 11) is 3.72. The van der Waals surface area contributed by atoms with Crippen LogP contribution in [0.5, 0.6) is 5.75 Å². The minimum absolute atomic E-state index is 0.203. The van der Waals surface area contributed by atoms with E-state index < -0.39 is 0 Å². The summed E-state index contributed by atoms with van der Waals surface area (Å²) >= 11 is 0. The van der Waals surface area contributed by atoms with E-state index in [4.69, 9.17) is 14.8 Å². The molecule has 2 heterocycles. The molecule has 0 saturated carbocycles. The van der Waals surface area contributed by atoms with Crippen molar-refractivity contribution in [1.82, 2.24) is 14.2 Å². The number of methoxy groups -OCH3 is 1. The van der Waals surface area contributed by atoms with Crippen molar-refractivity contribution in [2.45, 2.75) is 33.6 Å². The van der Waals surface area contributed by atoms with Gasteiger partial charge in [-0.25, -0.2) is 4.98 Å². The van der Waals surface area contributed by atoms with Crippen molar-refractivity contribution in [3.05, 3.63) is 93.4 Å². The van der Waals surface area contributed by atoms with Crippen molar-refractivity contribution in [1.29, 1.82) is 0 Å². The number of nitrogens with zero attached hydrogens (tertiary/aromatic N) is 4. The van der Waals surface area contributed by atoms with Crippen molar-refractivity contribution in [3.63, 3.8) is 0 Å². The monoisotopic (exact) mass is 478 g/mol. The van der Waals surface area contributed by atoms with Gasteiger partial charge in [0, 0.05) is 34.8 Å². The molecule has 0 aliphatic heterocycles. The molecule has 0 aliphatic rings. The van der Waals surface area contributed by atoms with Gasteiger partial charge >= 0.3 is 0 Å². The Morgan fingerprint density at radius 2 is 1.69 bits per heavy atom. The summed E-state index contributed by atoms with van der Waals surface area (Å²) in [6, 6.07) is 19.7. The fraction of sp³-hybridized carbons (Fsp3) is 0.233. The molecular formula is C30H30N4O2. The van der Waals surface area contributed by atoms with Gasteiger partial charge in [0.15, 0.2) is 5.82 Å². The summed E-state index contributed by atoms with van der Waals surface area (Å²) in [6.07, 6.45) is 1.78. The molecule has 0 unspecified atom stereocenters. The molecule has 0 N–H and O–H groups in total. The average molecular weight is 479 g/mol. The van der Waals surface area contributed by atoms with Gasteiger partial charge in [-0.1, -0.05) is 44.2 Å². The largest absolute Gasteiger partial charge is 0.496 e. The zero-order valence-electron chi connectivity index (χ0n) is 21.5. The number of fused-ring (bicyclic) bond motifs is 2. The Labute approximate surface area is 210 Å². The predicted molar refractivity (Wildman–Crippen MR) is 147 cm³/mol. The van der Waals surface area contributed by atoms with E-state index in [1.54, 1.807) is 19.4 Å². The highest BCUT2D eigenvalue weighted by Crippen LogP contribution is 2.34. The lowest BCUT2D eigenvalue weighted by molar-refractivity contribution is 0.407. The predicted octanol–water partition coefficient (Wildman–Crippen LogP) is 6.19. The fourth-order valence-corrected chi connectivity index (χ4v) is 4.80. The van der Waals surface area contributed by atoms with Gasteiger partial charge in [0.25, 0.3) is 5.56 Å². The van der Waals surface area contributed by atoms with Crippen LogP contribution < -0.4 is 10.3 Å². The highest BCUT2D eigenvalue weighted by Gasteiger charge is 2.19. The second-order valence-corrected chi connectivity index (χ2v) is 9.45. The standard InChI is InChI=1S/C30H30N4O2/c1-18(2)23-16-24(19(3)15-28(23)36-6)29-32-26-13-9-7-12-22(26)30(35)34(29)31-17-25-20(4)33(5)27-14-10-8-11-21(25)27/h7-18H,1-6H3. The highest BCUT2D eigenvalue weighted by atomic mass is 16.5. The molecule has 6 nitrogen and oxygen atoms in total. The number of aromatic nitrogens is 3. The first kappa shape index (κ1) is 23.5. The van der Waals surface area contributed by atoms with Gasteiger partial charge in [0.1, 0.15) is 5.75 Å².